The topological polar surface area (TPSA) is 69.3 Å². The van der Waals surface area contributed by atoms with Gasteiger partial charge in [0.2, 0.25) is 5.91 Å². The van der Waals surface area contributed by atoms with Gasteiger partial charge < -0.3 is 14.5 Å². The number of aromatic nitrogens is 2. The lowest BCUT2D eigenvalue weighted by molar-refractivity contribution is -0.127. The molecule has 3 rings (SSSR count). The summed E-state index contributed by atoms with van der Waals surface area (Å²) in [5, 5.41) is 7.18. The highest BCUT2D eigenvalue weighted by molar-refractivity contribution is 5.80. The molecule has 0 saturated carbocycles. The summed E-state index contributed by atoms with van der Waals surface area (Å²) in [4.78, 5) is 12.6. The fourth-order valence-electron chi connectivity index (χ4n) is 2.89. The predicted octanol–water partition coefficient (Wildman–Crippen LogP) is 2.28. The quantitative estimate of drug-likeness (QED) is 0.940. The maximum absolute atomic E-state index is 12.6. The third-order valence-electron chi connectivity index (χ3n) is 4.13. The van der Waals surface area contributed by atoms with E-state index in [1.54, 1.807) is 10.9 Å². The van der Waals surface area contributed by atoms with Crippen molar-refractivity contribution in [3.63, 3.8) is 0 Å². The Morgan fingerprint density at radius 1 is 1.45 bits per heavy atom. The zero-order valence-corrected chi connectivity index (χ0v) is 13.1. The fourth-order valence-corrected chi connectivity index (χ4v) is 2.89. The second-order valence-corrected chi connectivity index (χ2v) is 5.74. The third-order valence-corrected chi connectivity index (χ3v) is 4.13. The minimum Gasteiger partial charge on any atom is -0.464 e. The average Bonchev–Trinajstić information content (AvgIpc) is 3.18. The summed E-state index contributed by atoms with van der Waals surface area (Å²) in [7, 11) is 1.86. The Balaban J connectivity index is 1.70. The monoisotopic (exact) mass is 303 g/mol. The van der Waals surface area contributed by atoms with Gasteiger partial charge in [0.1, 0.15) is 17.6 Å². The first-order valence-electron chi connectivity index (χ1n) is 7.52. The van der Waals surface area contributed by atoms with Crippen LogP contribution in [-0.4, -0.2) is 22.3 Å². The molecule has 0 radical (unpaired) electrons. The summed E-state index contributed by atoms with van der Waals surface area (Å²) < 4.78 is 13.1. The Morgan fingerprint density at radius 3 is 2.91 bits per heavy atom. The molecule has 1 unspecified atom stereocenters. The van der Waals surface area contributed by atoms with Crippen molar-refractivity contribution in [3.05, 3.63) is 41.6 Å². The number of carbonyl (C=O) groups excluding carboxylic acids is 1. The maximum Gasteiger partial charge on any atom is 0.226 e. The van der Waals surface area contributed by atoms with Crippen LogP contribution >= 0.6 is 0 Å². The molecular weight excluding hydrogens is 282 g/mol. The van der Waals surface area contributed by atoms with E-state index in [4.69, 9.17) is 9.15 Å². The van der Waals surface area contributed by atoms with Gasteiger partial charge >= 0.3 is 0 Å². The molecule has 1 aliphatic rings. The van der Waals surface area contributed by atoms with Crippen molar-refractivity contribution in [2.45, 2.75) is 32.4 Å². The van der Waals surface area contributed by atoms with Crippen LogP contribution in [0.1, 0.15) is 42.7 Å². The smallest absolute Gasteiger partial charge is 0.226 e. The number of ether oxygens (including phenoxy) is 1. The van der Waals surface area contributed by atoms with Gasteiger partial charge in [-0.05, 0) is 38.5 Å². The molecule has 0 bridgehead atoms. The van der Waals surface area contributed by atoms with Crippen LogP contribution in [0.4, 0.5) is 0 Å². The molecule has 1 aliphatic heterocycles. The van der Waals surface area contributed by atoms with Gasteiger partial charge in [0.25, 0.3) is 0 Å². The first-order valence-corrected chi connectivity index (χ1v) is 7.52. The van der Waals surface area contributed by atoms with Crippen molar-refractivity contribution in [2.75, 3.05) is 6.61 Å². The van der Waals surface area contributed by atoms with E-state index in [9.17, 15) is 4.79 Å². The van der Waals surface area contributed by atoms with E-state index in [0.29, 0.717) is 13.0 Å². The van der Waals surface area contributed by atoms with Crippen LogP contribution in [0.2, 0.25) is 0 Å². The minimum atomic E-state index is -0.238. The van der Waals surface area contributed by atoms with Gasteiger partial charge in [-0.15, -0.1) is 0 Å². The van der Waals surface area contributed by atoms with Crippen molar-refractivity contribution in [3.8, 4) is 0 Å². The molecule has 3 atom stereocenters. The standard InChI is InChI=1S/C16H21N3O3/c1-10-4-5-14(22-10)11(2)18-16(20)12-7-9-21-15(12)13-6-8-17-19(13)3/h4-6,8,11-12,15H,7,9H2,1-3H3,(H,18,20)/t11?,12-,15-/m1/s1. The number of nitrogens with zero attached hydrogens (tertiary/aromatic N) is 2. The van der Waals surface area contributed by atoms with Gasteiger partial charge in [-0.2, -0.15) is 5.10 Å². The summed E-state index contributed by atoms with van der Waals surface area (Å²) >= 11 is 0. The lowest BCUT2D eigenvalue weighted by atomic mass is 9.97. The second kappa shape index (κ2) is 5.96. The van der Waals surface area contributed by atoms with Crippen LogP contribution in [0.15, 0.2) is 28.8 Å². The van der Waals surface area contributed by atoms with E-state index in [0.717, 1.165) is 17.2 Å². The molecule has 1 N–H and O–H groups in total. The van der Waals surface area contributed by atoms with Crippen LogP contribution in [-0.2, 0) is 16.6 Å². The summed E-state index contributed by atoms with van der Waals surface area (Å²) in [6.07, 6.45) is 2.20. The van der Waals surface area contributed by atoms with E-state index in [2.05, 4.69) is 10.4 Å². The van der Waals surface area contributed by atoms with Gasteiger partial charge in [-0.3, -0.25) is 9.48 Å². The van der Waals surface area contributed by atoms with E-state index in [-0.39, 0.29) is 24.0 Å². The molecule has 22 heavy (non-hydrogen) atoms. The first kappa shape index (κ1) is 14.8. The summed E-state index contributed by atoms with van der Waals surface area (Å²) in [5.74, 6) is 1.40. The second-order valence-electron chi connectivity index (χ2n) is 5.74. The number of hydrogen-bond donors (Lipinski definition) is 1. The van der Waals surface area contributed by atoms with Crippen molar-refractivity contribution >= 4 is 5.91 Å². The zero-order chi connectivity index (χ0) is 15.7. The van der Waals surface area contributed by atoms with Gasteiger partial charge in [-0.25, -0.2) is 0 Å². The molecular formula is C16H21N3O3. The Morgan fingerprint density at radius 2 is 2.27 bits per heavy atom. The number of aryl methyl sites for hydroxylation is 2. The molecule has 3 heterocycles. The van der Waals surface area contributed by atoms with Gasteiger partial charge in [0.05, 0.1) is 17.7 Å². The molecule has 118 valence electrons. The van der Waals surface area contributed by atoms with Gasteiger partial charge in [-0.1, -0.05) is 0 Å². The first-order chi connectivity index (χ1) is 10.6. The molecule has 6 heteroatoms. The Bertz CT molecular complexity index is 661. The molecule has 2 aromatic heterocycles. The summed E-state index contributed by atoms with van der Waals surface area (Å²) in [6.45, 7) is 4.40. The SMILES string of the molecule is Cc1ccc(C(C)NC(=O)[C@@H]2CCO[C@H]2c2ccnn2C)o1. The highest BCUT2D eigenvalue weighted by atomic mass is 16.5. The average molecular weight is 303 g/mol. The molecule has 0 aliphatic carbocycles. The highest BCUT2D eigenvalue weighted by Gasteiger charge is 2.37. The van der Waals surface area contributed by atoms with Crippen molar-refractivity contribution < 1.29 is 13.9 Å². The number of amides is 1. The number of carbonyl (C=O) groups is 1. The predicted molar refractivity (Wildman–Crippen MR) is 80.0 cm³/mol. The van der Waals surface area contributed by atoms with Crippen LogP contribution in [0.5, 0.6) is 0 Å². The Labute approximate surface area is 129 Å². The van der Waals surface area contributed by atoms with Crippen LogP contribution < -0.4 is 5.32 Å². The third kappa shape index (κ3) is 2.78. The molecule has 1 saturated heterocycles. The van der Waals surface area contributed by atoms with Gasteiger partial charge in [0.15, 0.2) is 0 Å². The molecule has 6 nitrogen and oxygen atoms in total. The van der Waals surface area contributed by atoms with Crippen molar-refractivity contribution in [1.82, 2.24) is 15.1 Å². The van der Waals surface area contributed by atoms with Crippen molar-refractivity contribution in [1.29, 1.82) is 0 Å². The van der Waals surface area contributed by atoms with Crippen LogP contribution in [0, 0.1) is 12.8 Å². The van der Waals surface area contributed by atoms with E-state index >= 15 is 0 Å². The Hall–Kier alpha value is -2.08. The number of furan rings is 1. The zero-order valence-electron chi connectivity index (χ0n) is 13.1. The minimum absolute atomic E-state index is 0.00902. The largest absolute Gasteiger partial charge is 0.464 e. The number of hydrogen-bond acceptors (Lipinski definition) is 4. The molecule has 1 fully saturated rings. The van der Waals surface area contributed by atoms with E-state index in [1.165, 1.54) is 0 Å². The number of rotatable bonds is 4. The molecule has 0 spiro atoms. The summed E-state index contributed by atoms with van der Waals surface area (Å²) in [6, 6.07) is 5.53. The lowest BCUT2D eigenvalue weighted by Crippen LogP contribution is -2.34. The maximum atomic E-state index is 12.6. The highest BCUT2D eigenvalue weighted by Crippen LogP contribution is 2.34. The molecule has 2 aromatic rings. The van der Waals surface area contributed by atoms with Crippen LogP contribution in [0.3, 0.4) is 0 Å². The molecule has 1 amide bonds. The number of nitrogens with one attached hydrogen (secondary N) is 1. The normalized spacial score (nSPS) is 22.7. The molecule has 0 aromatic carbocycles. The fraction of sp³-hybridized carbons (Fsp3) is 0.500. The van der Waals surface area contributed by atoms with Crippen LogP contribution in [0.25, 0.3) is 0 Å². The Kier molecular flexibility index (Phi) is 4.02. The van der Waals surface area contributed by atoms with E-state index in [1.807, 2.05) is 39.1 Å². The lowest BCUT2D eigenvalue weighted by Gasteiger charge is -2.20. The van der Waals surface area contributed by atoms with E-state index < -0.39 is 0 Å². The van der Waals surface area contributed by atoms with Crippen molar-refractivity contribution in [2.24, 2.45) is 13.0 Å². The van der Waals surface area contributed by atoms with Gasteiger partial charge in [0, 0.05) is 19.9 Å². The summed E-state index contributed by atoms with van der Waals surface area (Å²) in [5.41, 5.74) is 0.930.